The minimum absolute atomic E-state index is 0.692. The van der Waals surface area contributed by atoms with Crippen molar-refractivity contribution in [1.29, 1.82) is 0 Å². The lowest BCUT2D eigenvalue weighted by Gasteiger charge is -2.08. The zero-order valence-electron chi connectivity index (χ0n) is 9.53. The summed E-state index contributed by atoms with van der Waals surface area (Å²) in [5.41, 5.74) is 1.30. The number of nitrogens with one attached hydrogen (secondary N) is 1. The highest BCUT2D eigenvalue weighted by Gasteiger charge is 1.99. The van der Waals surface area contributed by atoms with Gasteiger partial charge in [-0.2, -0.15) is 0 Å². The van der Waals surface area contributed by atoms with Crippen molar-refractivity contribution in [2.24, 2.45) is 0 Å². The first-order chi connectivity index (χ1) is 7.24. The monoisotopic (exact) mass is 228 g/mol. The SMILES string of the molecule is CCCn1cccc1CNCCS(C)=O. The van der Waals surface area contributed by atoms with Gasteiger partial charge >= 0.3 is 0 Å². The minimum atomic E-state index is -0.692. The van der Waals surface area contributed by atoms with Crippen LogP contribution in [0, 0.1) is 0 Å². The Morgan fingerprint density at radius 2 is 2.33 bits per heavy atom. The Kier molecular flexibility index (Phi) is 5.65. The van der Waals surface area contributed by atoms with Crippen LogP contribution in [0.25, 0.3) is 0 Å². The van der Waals surface area contributed by atoms with E-state index in [1.54, 1.807) is 6.26 Å². The summed E-state index contributed by atoms with van der Waals surface area (Å²) < 4.78 is 13.1. The van der Waals surface area contributed by atoms with Gasteiger partial charge in [-0.1, -0.05) is 6.92 Å². The van der Waals surface area contributed by atoms with Crippen LogP contribution >= 0.6 is 0 Å². The van der Waals surface area contributed by atoms with Crippen molar-refractivity contribution >= 4 is 10.8 Å². The lowest BCUT2D eigenvalue weighted by atomic mass is 10.4. The van der Waals surface area contributed by atoms with E-state index in [1.807, 2.05) is 0 Å². The highest BCUT2D eigenvalue weighted by Crippen LogP contribution is 2.02. The quantitative estimate of drug-likeness (QED) is 0.715. The van der Waals surface area contributed by atoms with E-state index >= 15 is 0 Å². The first kappa shape index (κ1) is 12.5. The van der Waals surface area contributed by atoms with Gasteiger partial charge in [-0.05, 0) is 18.6 Å². The summed E-state index contributed by atoms with van der Waals surface area (Å²) in [6.45, 7) is 4.94. The second-order valence-electron chi connectivity index (χ2n) is 3.65. The van der Waals surface area contributed by atoms with E-state index in [2.05, 4.69) is 35.1 Å². The molecule has 1 aromatic heterocycles. The topological polar surface area (TPSA) is 34.0 Å². The molecule has 0 saturated carbocycles. The van der Waals surface area contributed by atoms with E-state index in [0.29, 0.717) is 0 Å². The highest BCUT2D eigenvalue weighted by molar-refractivity contribution is 7.84. The Hall–Kier alpha value is -0.610. The van der Waals surface area contributed by atoms with Crippen molar-refractivity contribution in [2.45, 2.75) is 26.4 Å². The fourth-order valence-electron chi connectivity index (χ4n) is 1.50. The molecule has 1 N–H and O–H groups in total. The Bertz CT molecular complexity index is 309. The van der Waals surface area contributed by atoms with Gasteiger partial charge in [0, 0.05) is 54.3 Å². The molecule has 1 heterocycles. The predicted octanol–water partition coefficient (Wildman–Crippen LogP) is 1.37. The van der Waals surface area contributed by atoms with E-state index in [9.17, 15) is 4.21 Å². The van der Waals surface area contributed by atoms with Gasteiger partial charge in [-0.15, -0.1) is 0 Å². The summed E-state index contributed by atoms with van der Waals surface area (Å²) in [5, 5.41) is 3.30. The molecule has 0 spiro atoms. The van der Waals surface area contributed by atoms with Gasteiger partial charge in [0.25, 0.3) is 0 Å². The molecule has 1 rings (SSSR count). The molecule has 0 bridgehead atoms. The molecule has 4 heteroatoms. The van der Waals surface area contributed by atoms with Gasteiger partial charge in [0.1, 0.15) is 0 Å². The highest BCUT2D eigenvalue weighted by atomic mass is 32.2. The van der Waals surface area contributed by atoms with Crippen LogP contribution in [0.1, 0.15) is 19.0 Å². The van der Waals surface area contributed by atoms with E-state index in [0.717, 1.165) is 31.8 Å². The van der Waals surface area contributed by atoms with Gasteiger partial charge in [0.15, 0.2) is 0 Å². The molecule has 1 atom stereocenters. The summed E-state index contributed by atoms with van der Waals surface area (Å²) in [6, 6.07) is 4.20. The third-order valence-electron chi connectivity index (χ3n) is 2.26. The first-order valence-electron chi connectivity index (χ1n) is 5.38. The minimum Gasteiger partial charge on any atom is -0.350 e. The number of aryl methyl sites for hydroxylation is 1. The molecule has 86 valence electrons. The van der Waals surface area contributed by atoms with Crippen LogP contribution in [0.2, 0.25) is 0 Å². The molecule has 0 aliphatic carbocycles. The maximum atomic E-state index is 10.8. The van der Waals surface area contributed by atoms with E-state index in [-0.39, 0.29) is 0 Å². The van der Waals surface area contributed by atoms with Gasteiger partial charge in [-0.25, -0.2) is 0 Å². The van der Waals surface area contributed by atoms with Crippen molar-refractivity contribution in [3.05, 3.63) is 24.0 Å². The molecule has 0 aliphatic heterocycles. The van der Waals surface area contributed by atoms with Gasteiger partial charge in [-0.3, -0.25) is 4.21 Å². The van der Waals surface area contributed by atoms with Crippen molar-refractivity contribution in [3.8, 4) is 0 Å². The lowest BCUT2D eigenvalue weighted by Crippen LogP contribution is -2.21. The molecule has 1 aromatic rings. The standard InChI is InChI=1S/C11H20N2OS/c1-3-7-13-8-4-5-11(13)10-12-6-9-15(2)14/h4-5,8,12H,3,6-7,9-10H2,1-2H3. The molecule has 0 aromatic carbocycles. The number of hydrogen-bond donors (Lipinski definition) is 1. The smallest absolute Gasteiger partial charge is 0.0359 e. The Morgan fingerprint density at radius 1 is 1.53 bits per heavy atom. The summed E-state index contributed by atoms with van der Waals surface area (Å²) in [5.74, 6) is 0.731. The normalized spacial score (nSPS) is 12.9. The Morgan fingerprint density at radius 3 is 3.00 bits per heavy atom. The maximum Gasteiger partial charge on any atom is 0.0359 e. The number of rotatable bonds is 7. The molecule has 0 radical (unpaired) electrons. The van der Waals surface area contributed by atoms with Crippen LogP contribution < -0.4 is 5.32 Å². The number of aromatic nitrogens is 1. The van der Waals surface area contributed by atoms with Crippen LogP contribution in [-0.2, 0) is 23.9 Å². The third kappa shape index (κ3) is 4.62. The molecule has 0 saturated heterocycles. The van der Waals surface area contributed by atoms with Crippen molar-refractivity contribution in [1.82, 2.24) is 9.88 Å². The fraction of sp³-hybridized carbons (Fsp3) is 0.636. The lowest BCUT2D eigenvalue weighted by molar-refractivity contribution is 0.612. The number of hydrogen-bond acceptors (Lipinski definition) is 2. The van der Waals surface area contributed by atoms with Crippen LogP contribution in [0.5, 0.6) is 0 Å². The van der Waals surface area contributed by atoms with Gasteiger partial charge < -0.3 is 9.88 Å². The van der Waals surface area contributed by atoms with Crippen molar-refractivity contribution in [3.63, 3.8) is 0 Å². The first-order valence-corrected chi connectivity index (χ1v) is 7.11. The molecule has 0 aliphatic rings. The summed E-state index contributed by atoms with van der Waals surface area (Å²) in [6.07, 6.45) is 5.00. The van der Waals surface area contributed by atoms with Crippen molar-refractivity contribution in [2.75, 3.05) is 18.6 Å². The van der Waals surface area contributed by atoms with Crippen LogP contribution in [0.3, 0.4) is 0 Å². The van der Waals surface area contributed by atoms with Crippen LogP contribution in [-0.4, -0.2) is 27.3 Å². The Labute approximate surface area is 94.3 Å². The third-order valence-corrected chi connectivity index (χ3v) is 3.04. The molecular formula is C11H20N2OS. The molecule has 15 heavy (non-hydrogen) atoms. The van der Waals surface area contributed by atoms with Gasteiger partial charge in [0.2, 0.25) is 0 Å². The zero-order valence-corrected chi connectivity index (χ0v) is 10.3. The number of nitrogens with zero attached hydrogens (tertiary/aromatic N) is 1. The second-order valence-corrected chi connectivity index (χ2v) is 5.20. The molecule has 0 amide bonds. The van der Waals surface area contributed by atoms with E-state index in [4.69, 9.17) is 0 Å². The predicted molar refractivity (Wildman–Crippen MR) is 65.4 cm³/mol. The molecular weight excluding hydrogens is 208 g/mol. The van der Waals surface area contributed by atoms with Gasteiger partial charge in [0.05, 0.1) is 0 Å². The van der Waals surface area contributed by atoms with Crippen LogP contribution in [0.4, 0.5) is 0 Å². The Balaban J connectivity index is 2.30. The zero-order chi connectivity index (χ0) is 11.1. The van der Waals surface area contributed by atoms with E-state index < -0.39 is 10.8 Å². The summed E-state index contributed by atoms with van der Waals surface area (Å²) in [4.78, 5) is 0. The van der Waals surface area contributed by atoms with Crippen molar-refractivity contribution < 1.29 is 4.21 Å². The molecule has 0 fully saturated rings. The van der Waals surface area contributed by atoms with E-state index in [1.165, 1.54) is 5.69 Å². The molecule has 3 nitrogen and oxygen atoms in total. The fourth-order valence-corrected chi connectivity index (χ4v) is 1.93. The summed E-state index contributed by atoms with van der Waals surface area (Å²) >= 11 is 0. The average Bonchev–Trinajstić information content (AvgIpc) is 2.61. The second kappa shape index (κ2) is 6.80. The molecule has 1 unspecified atom stereocenters. The van der Waals surface area contributed by atoms with Crippen LogP contribution in [0.15, 0.2) is 18.3 Å². The largest absolute Gasteiger partial charge is 0.350 e. The maximum absolute atomic E-state index is 10.8. The summed E-state index contributed by atoms with van der Waals surface area (Å²) in [7, 11) is -0.692. The average molecular weight is 228 g/mol.